The van der Waals surface area contributed by atoms with Crippen LogP contribution in [0.3, 0.4) is 0 Å². The Hall–Kier alpha value is -1.19. The van der Waals surface area contributed by atoms with E-state index in [-0.39, 0.29) is 30.7 Å². The van der Waals surface area contributed by atoms with Crippen LogP contribution in [0.4, 0.5) is 0 Å². The molecule has 1 aliphatic heterocycles. The number of rotatable bonds is 8. The van der Waals surface area contributed by atoms with Gasteiger partial charge in [-0.2, -0.15) is 0 Å². The third-order valence-corrected chi connectivity index (χ3v) is 5.23. The first kappa shape index (κ1) is 23.8. The molecule has 2 aromatic rings. The standard InChI is InChI=1S/C17H25N5O2S.2ClH/c1-21-10-8-20-17(21)25-13-14-3-4-15(24-14)16(23)19-5-2-9-22-11-6-18-7-12-22;;/h3-4,8,10,18H,2,5-7,9,11-13H2,1H3,(H,19,23);2*1H. The number of carbonyl (C=O) groups excluding carboxylic acids is 1. The third-order valence-electron chi connectivity index (χ3n) is 4.15. The summed E-state index contributed by atoms with van der Waals surface area (Å²) in [6.45, 7) is 5.97. The Labute approximate surface area is 176 Å². The Morgan fingerprint density at radius 2 is 2.11 bits per heavy atom. The second kappa shape index (κ2) is 12.3. The van der Waals surface area contributed by atoms with Crippen LogP contribution < -0.4 is 10.6 Å². The van der Waals surface area contributed by atoms with E-state index in [1.165, 1.54) is 0 Å². The molecule has 2 N–H and O–H groups in total. The molecule has 0 bridgehead atoms. The highest BCUT2D eigenvalue weighted by Crippen LogP contribution is 2.21. The Kier molecular flexibility index (Phi) is 10.9. The van der Waals surface area contributed by atoms with Crippen molar-refractivity contribution in [2.24, 2.45) is 7.05 Å². The molecule has 0 unspecified atom stereocenters. The monoisotopic (exact) mass is 435 g/mol. The third kappa shape index (κ3) is 7.38. The largest absolute Gasteiger partial charge is 0.455 e. The molecular formula is C17H27Cl2N5O2S. The van der Waals surface area contributed by atoms with Gasteiger partial charge in [0.15, 0.2) is 10.9 Å². The zero-order valence-corrected chi connectivity index (χ0v) is 17.8. The minimum absolute atomic E-state index is 0. The maximum absolute atomic E-state index is 12.1. The summed E-state index contributed by atoms with van der Waals surface area (Å²) in [6, 6.07) is 3.59. The smallest absolute Gasteiger partial charge is 0.286 e. The number of aromatic nitrogens is 2. The number of hydrogen-bond donors (Lipinski definition) is 2. The number of halogens is 2. The molecule has 10 heteroatoms. The van der Waals surface area contributed by atoms with E-state index in [2.05, 4.69) is 20.5 Å². The zero-order valence-electron chi connectivity index (χ0n) is 15.3. The summed E-state index contributed by atoms with van der Waals surface area (Å²) in [5.74, 6) is 1.66. The SMILES string of the molecule is Cl.Cl.Cn1ccnc1SCc1ccc(C(=O)NCCCN2CCNCC2)o1. The van der Waals surface area contributed by atoms with Crippen molar-refractivity contribution in [2.75, 3.05) is 39.3 Å². The summed E-state index contributed by atoms with van der Waals surface area (Å²) in [5.41, 5.74) is 0. The van der Waals surface area contributed by atoms with E-state index in [1.807, 2.05) is 23.9 Å². The molecule has 1 amide bonds. The molecule has 27 heavy (non-hydrogen) atoms. The van der Waals surface area contributed by atoms with E-state index in [1.54, 1.807) is 24.0 Å². The van der Waals surface area contributed by atoms with E-state index >= 15 is 0 Å². The van der Waals surface area contributed by atoms with Crippen molar-refractivity contribution in [1.82, 2.24) is 25.1 Å². The van der Waals surface area contributed by atoms with E-state index < -0.39 is 0 Å². The van der Waals surface area contributed by atoms with Crippen molar-refractivity contribution in [3.05, 3.63) is 36.0 Å². The average molecular weight is 436 g/mol. The van der Waals surface area contributed by atoms with Crippen LogP contribution in [0.25, 0.3) is 0 Å². The maximum Gasteiger partial charge on any atom is 0.286 e. The number of furan rings is 1. The summed E-state index contributed by atoms with van der Waals surface area (Å²) in [6.07, 6.45) is 4.63. The molecule has 0 atom stereocenters. The van der Waals surface area contributed by atoms with Gasteiger partial charge in [0, 0.05) is 52.2 Å². The van der Waals surface area contributed by atoms with Gasteiger partial charge in [0.05, 0.1) is 5.75 Å². The summed E-state index contributed by atoms with van der Waals surface area (Å²) in [4.78, 5) is 18.8. The van der Waals surface area contributed by atoms with Gasteiger partial charge in [0.2, 0.25) is 0 Å². The number of hydrogen-bond acceptors (Lipinski definition) is 6. The Balaban J connectivity index is 0.00000182. The molecule has 0 spiro atoms. The lowest BCUT2D eigenvalue weighted by molar-refractivity contribution is 0.0922. The first-order valence-electron chi connectivity index (χ1n) is 8.62. The Bertz CT molecular complexity index is 688. The van der Waals surface area contributed by atoms with Gasteiger partial charge >= 0.3 is 0 Å². The molecule has 152 valence electrons. The van der Waals surface area contributed by atoms with Crippen molar-refractivity contribution >= 4 is 42.5 Å². The van der Waals surface area contributed by atoms with Crippen LogP contribution >= 0.6 is 36.6 Å². The van der Waals surface area contributed by atoms with Gasteiger partial charge in [-0.05, 0) is 25.1 Å². The summed E-state index contributed by atoms with van der Waals surface area (Å²) >= 11 is 1.58. The van der Waals surface area contributed by atoms with Gasteiger partial charge in [-0.15, -0.1) is 24.8 Å². The summed E-state index contributed by atoms with van der Waals surface area (Å²) in [7, 11) is 1.96. The molecule has 0 aromatic carbocycles. The van der Waals surface area contributed by atoms with Gasteiger partial charge in [0.1, 0.15) is 5.76 Å². The van der Waals surface area contributed by atoms with Crippen molar-refractivity contribution in [3.63, 3.8) is 0 Å². The zero-order chi connectivity index (χ0) is 17.5. The number of piperazine rings is 1. The van der Waals surface area contributed by atoms with Gasteiger partial charge < -0.3 is 24.5 Å². The fraction of sp³-hybridized carbons (Fsp3) is 0.529. The quantitative estimate of drug-likeness (QED) is 0.488. The van der Waals surface area contributed by atoms with E-state index in [0.717, 1.165) is 50.1 Å². The highest BCUT2D eigenvalue weighted by Gasteiger charge is 2.13. The van der Waals surface area contributed by atoms with Crippen LogP contribution in [0.5, 0.6) is 0 Å². The number of amides is 1. The van der Waals surface area contributed by atoms with Crippen molar-refractivity contribution < 1.29 is 9.21 Å². The number of nitrogens with one attached hydrogen (secondary N) is 2. The summed E-state index contributed by atoms with van der Waals surface area (Å²) in [5, 5.41) is 7.20. The van der Waals surface area contributed by atoms with Gasteiger partial charge in [0.25, 0.3) is 5.91 Å². The molecule has 0 radical (unpaired) electrons. The molecule has 3 rings (SSSR count). The van der Waals surface area contributed by atoms with Crippen LogP contribution in [0.1, 0.15) is 22.7 Å². The Morgan fingerprint density at radius 3 is 2.81 bits per heavy atom. The lowest BCUT2D eigenvalue weighted by Gasteiger charge is -2.26. The number of imidazole rings is 1. The van der Waals surface area contributed by atoms with Crippen LogP contribution in [0.2, 0.25) is 0 Å². The minimum Gasteiger partial charge on any atom is -0.455 e. The minimum atomic E-state index is -0.145. The first-order chi connectivity index (χ1) is 12.2. The van der Waals surface area contributed by atoms with Crippen LogP contribution in [-0.4, -0.2) is 59.6 Å². The second-order valence-corrected chi connectivity index (χ2v) is 7.02. The summed E-state index contributed by atoms with van der Waals surface area (Å²) < 4.78 is 7.60. The van der Waals surface area contributed by atoms with Gasteiger partial charge in [-0.1, -0.05) is 11.8 Å². The predicted octanol–water partition coefficient (Wildman–Crippen LogP) is 2.17. The van der Waals surface area contributed by atoms with Crippen molar-refractivity contribution in [1.29, 1.82) is 0 Å². The topological polar surface area (TPSA) is 75.3 Å². The molecule has 2 aromatic heterocycles. The van der Waals surface area contributed by atoms with E-state index in [0.29, 0.717) is 18.1 Å². The molecule has 1 aliphatic rings. The second-order valence-electron chi connectivity index (χ2n) is 6.08. The highest BCUT2D eigenvalue weighted by molar-refractivity contribution is 7.98. The van der Waals surface area contributed by atoms with Crippen molar-refractivity contribution in [2.45, 2.75) is 17.3 Å². The normalized spacial score (nSPS) is 14.3. The average Bonchev–Trinajstić information content (AvgIpc) is 3.26. The number of thioether (sulfide) groups is 1. The van der Waals surface area contributed by atoms with E-state index in [9.17, 15) is 4.79 Å². The molecule has 0 aliphatic carbocycles. The number of aryl methyl sites for hydroxylation is 1. The van der Waals surface area contributed by atoms with Gasteiger partial charge in [-0.3, -0.25) is 4.79 Å². The molecule has 7 nitrogen and oxygen atoms in total. The van der Waals surface area contributed by atoms with Crippen LogP contribution in [0.15, 0.2) is 34.1 Å². The molecule has 3 heterocycles. The maximum atomic E-state index is 12.1. The molecule has 0 saturated carbocycles. The van der Waals surface area contributed by atoms with Crippen LogP contribution in [0, 0.1) is 0 Å². The van der Waals surface area contributed by atoms with Crippen molar-refractivity contribution in [3.8, 4) is 0 Å². The highest BCUT2D eigenvalue weighted by atomic mass is 35.5. The van der Waals surface area contributed by atoms with Crippen LogP contribution in [-0.2, 0) is 12.8 Å². The molecule has 1 saturated heterocycles. The predicted molar refractivity (Wildman–Crippen MR) is 112 cm³/mol. The number of carbonyl (C=O) groups is 1. The molecule has 1 fully saturated rings. The lowest BCUT2D eigenvalue weighted by Crippen LogP contribution is -2.44. The lowest BCUT2D eigenvalue weighted by atomic mass is 10.3. The molecular weight excluding hydrogens is 409 g/mol. The van der Waals surface area contributed by atoms with Gasteiger partial charge in [-0.25, -0.2) is 4.98 Å². The fourth-order valence-electron chi connectivity index (χ4n) is 2.73. The van der Waals surface area contributed by atoms with E-state index in [4.69, 9.17) is 4.42 Å². The Morgan fingerprint density at radius 1 is 1.33 bits per heavy atom. The fourth-order valence-corrected chi connectivity index (χ4v) is 3.56. The number of nitrogens with zero attached hydrogens (tertiary/aromatic N) is 3. The first-order valence-corrected chi connectivity index (χ1v) is 9.61.